The topological polar surface area (TPSA) is 112 Å². The van der Waals surface area contributed by atoms with Crippen molar-refractivity contribution < 1.29 is 24.0 Å². The number of nitrogens with zero attached hydrogens (tertiary/aromatic N) is 3. The molecule has 1 saturated heterocycles. The van der Waals surface area contributed by atoms with Crippen molar-refractivity contribution in [2.75, 3.05) is 13.2 Å². The van der Waals surface area contributed by atoms with Crippen LogP contribution in [0.4, 0.5) is 5.69 Å². The second-order valence-electron chi connectivity index (χ2n) is 5.19. The number of hydrogen-bond donors (Lipinski definition) is 0. The van der Waals surface area contributed by atoms with Gasteiger partial charge in [0.2, 0.25) is 5.88 Å². The molecule has 0 bridgehead atoms. The highest BCUT2D eigenvalue weighted by atomic mass is 16.6. The number of nitro groups is 1. The van der Waals surface area contributed by atoms with Crippen molar-refractivity contribution in [2.24, 2.45) is 0 Å². The first-order valence-corrected chi connectivity index (χ1v) is 6.71. The van der Waals surface area contributed by atoms with Gasteiger partial charge in [0.25, 0.3) is 11.6 Å². The Hall–Kier alpha value is -2.71. The average Bonchev–Trinajstić information content (AvgIpc) is 2.80. The van der Waals surface area contributed by atoms with Gasteiger partial charge in [-0.15, -0.1) is 0 Å². The largest absolute Gasteiger partial charge is 0.475 e. The van der Waals surface area contributed by atoms with Gasteiger partial charge >= 0.3 is 5.97 Å². The van der Waals surface area contributed by atoms with E-state index in [0.29, 0.717) is 6.42 Å². The van der Waals surface area contributed by atoms with Gasteiger partial charge in [-0.2, -0.15) is 0 Å². The number of carbonyl (C=O) groups is 2. The first kappa shape index (κ1) is 14.2. The maximum absolute atomic E-state index is 12.6. The number of pyridine rings is 1. The van der Waals surface area contributed by atoms with Gasteiger partial charge in [-0.1, -0.05) is 0 Å². The fraction of sp³-hybridized carbons (Fsp3) is 0.462. The van der Waals surface area contributed by atoms with Crippen molar-refractivity contribution in [3.8, 4) is 5.88 Å². The van der Waals surface area contributed by atoms with Gasteiger partial charge in [0.15, 0.2) is 0 Å². The Morgan fingerprint density at radius 3 is 3.05 bits per heavy atom. The zero-order valence-electron chi connectivity index (χ0n) is 11.7. The number of ether oxygens (including phenoxy) is 2. The van der Waals surface area contributed by atoms with Crippen molar-refractivity contribution in [2.45, 2.75) is 25.5 Å². The fourth-order valence-corrected chi connectivity index (χ4v) is 2.74. The summed E-state index contributed by atoms with van der Waals surface area (Å²) in [7, 11) is 0. The van der Waals surface area contributed by atoms with Crippen LogP contribution in [0.5, 0.6) is 5.88 Å². The van der Waals surface area contributed by atoms with E-state index < -0.39 is 16.8 Å². The van der Waals surface area contributed by atoms with Gasteiger partial charge in [0.05, 0.1) is 17.5 Å². The van der Waals surface area contributed by atoms with Gasteiger partial charge in [-0.05, 0) is 0 Å². The van der Waals surface area contributed by atoms with Crippen molar-refractivity contribution in [1.82, 2.24) is 9.88 Å². The predicted molar refractivity (Wildman–Crippen MR) is 71.4 cm³/mol. The SMILES string of the molecule is CC(=O)O[C@H]1C[C@@H]2COc3ncc([N+](=O)[O-])cc3C(=O)N2C1. The summed E-state index contributed by atoms with van der Waals surface area (Å²) in [5.74, 6) is -0.717. The molecule has 1 amide bonds. The molecule has 22 heavy (non-hydrogen) atoms. The molecule has 1 fully saturated rings. The van der Waals surface area contributed by atoms with Crippen LogP contribution < -0.4 is 4.74 Å². The molecule has 0 spiro atoms. The lowest BCUT2D eigenvalue weighted by molar-refractivity contribution is -0.385. The van der Waals surface area contributed by atoms with E-state index in [1.54, 1.807) is 0 Å². The summed E-state index contributed by atoms with van der Waals surface area (Å²) >= 11 is 0. The number of carbonyl (C=O) groups excluding carboxylic acids is 2. The van der Waals surface area contributed by atoms with Crippen LogP contribution in [-0.4, -0.2) is 52.0 Å². The Balaban J connectivity index is 1.89. The van der Waals surface area contributed by atoms with Gasteiger partial charge in [0, 0.05) is 19.4 Å². The molecule has 9 nitrogen and oxygen atoms in total. The second-order valence-corrected chi connectivity index (χ2v) is 5.19. The zero-order chi connectivity index (χ0) is 15.9. The van der Waals surface area contributed by atoms with E-state index in [0.717, 1.165) is 12.3 Å². The molecule has 2 atom stereocenters. The maximum Gasteiger partial charge on any atom is 0.302 e. The number of fused-ring (bicyclic) bond motifs is 2. The van der Waals surface area contributed by atoms with Crippen LogP contribution in [0.15, 0.2) is 12.3 Å². The van der Waals surface area contributed by atoms with Crippen molar-refractivity contribution in [1.29, 1.82) is 0 Å². The van der Waals surface area contributed by atoms with Crippen molar-refractivity contribution >= 4 is 17.6 Å². The number of hydrogen-bond acceptors (Lipinski definition) is 7. The minimum atomic E-state index is -0.616. The van der Waals surface area contributed by atoms with Crippen LogP contribution in [0.3, 0.4) is 0 Å². The standard InChI is InChI=1S/C13H13N3O6/c1-7(17)22-10-2-9-6-21-12-11(13(18)15(9)5-10)3-8(4-14-12)16(19)20/h3-4,9-10H,2,5-6H2,1H3/t9-,10+/m1/s1. The van der Waals surface area contributed by atoms with Crippen LogP contribution in [0.25, 0.3) is 0 Å². The smallest absolute Gasteiger partial charge is 0.302 e. The molecule has 0 aliphatic carbocycles. The molecule has 1 aromatic rings. The predicted octanol–water partition coefficient (Wildman–Crippen LogP) is 0.528. The molecule has 0 unspecified atom stereocenters. The lowest BCUT2D eigenvalue weighted by Gasteiger charge is -2.19. The van der Waals surface area contributed by atoms with E-state index in [1.165, 1.54) is 11.8 Å². The third kappa shape index (κ3) is 2.45. The van der Waals surface area contributed by atoms with Gasteiger partial charge in [-0.25, -0.2) is 4.98 Å². The van der Waals surface area contributed by atoms with Crippen LogP contribution in [-0.2, 0) is 9.53 Å². The molecule has 1 aromatic heterocycles. The normalized spacial score (nSPS) is 23.1. The molecule has 2 aliphatic heterocycles. The molecule has 0 saturated carbocycles. The van der Waals surface area contributed by atoms with Crippen LogP contribution >= 0.6 is 0 Å². The van der Waals surface area contributed by atoms with E-state index >= 15 is 0 Å². The summed E-state index contributed by atoms with van der Waals surface area (Å²) in [5.41, 5.74) is -0.218. The van der Waals surface area contributed by atoms with E-state index in [1.807, 2.05) is 0 Å². The van der Waals surface area contributed by atoms with Crippen LogP contribution in [0.2, 0.25) is 0 Å². The highest BCUT2D eigenvalue weighted by Gasteiger charge is 2.41. The van der Waals surface area contributed by atoms with Gasteiger partial charge < -0.3 is 14.4 Å². The highest BCUT2D eigenvalue weighted by molar-refractivity contribution is 5.97. The van der Waals surface area contributed by atoms with Crippen LogP contribution in [0.1, 0.15) is 23.7 Å². The van der Waals surface area contributed by atoms with E-state index in [-0.39, 0.29) is 42.4 Å². The minimum absolute atomic E-state index is 0.0557. The Morgan fingerprint density at radius 1 is 1.59 bits per heavy atom. The van der Waals surface area contributed by atoms with Gasteiger partial charge in [0.1, 0.15) is 24.5 Å². The number of aromatic nitrogens is 1. The molecule has 9 heteroatoms. The van der Waals surface area contributed by atoms with E-state index in [2.05, 4.69) is 4.98 Å². The third-order valence-electron chi connectivity index (χ3n) is 3.66. The number of esters is 1. The average molecular weight is 307 g/mol. The molecule has 2 aliphatic rings. The fourth-order valence-electron chi connectivity index (χ4n) is 2.74. The monoisotopic (exact) mass is 307 g/mol. The lowest BCUT2D eigenvalue weighted by Crippen LogP contribution is -2.37. The van der Waals surface area contributed by atoms with Crippen molar-refractivity contribution in [3.63, 3.8) is 0 Å². The summed E-state index contributed by atoms with van der Waals surface area (Å²) in [4.78, 5) is 39.2. The summed E-state index contributed by atoms with van der Waals surface area (Å²) < 4.78 is 10.6. The molecule has 3 heterocycles. The first-order chi connectivity index (χ1) is 10.5. The Labute approximate surface area is 125 Å². The second kappa shape index (κ2) is 5.24. The number of rotatable bonds is 2. The summed E-state index contributed by atoms with van der Waals surface area (Å²) in [6, 6.07) is 0.914. The molecular weight excluding hydrogens is 294 g/mol. The molecule has 0 radical (unpaired) electrons. The lowest BCUT2D eigenvalue weighted by atomic mass is 10.2. The molecule has 116 valence electrons. The van der Waals surface area contributed by atoms with Crippen LogP contribution in [0, 0.1) is 10.1 Å². The Kier molecular flexibility index (Phi) is 3.39. The Bertz CT molecular complexity index is 661. The minimum Gasteiger partial charge on any atom is -0.475 e. The summed E-state index contributed by atoms with van der Waals surface area (Å²) in [5, 5.41) is 10.8. The van der Waals surface area contributed by atoms with E-state index in [4.69, 9.17) is 9.47 Å². The first-order valence-electron chi connectivity index (χ1n) is 6.71. The quantitative estimate of drug-likeness (QED) is 0.445. The summed E-state index contributed by atoms with van der Waals surface area (Å²) in [6.07, 6.45) is 1.15. The molecule has 0 N–H and O–H groups in total. The Morgan fingerprint density at radius 2 is 2.36 bits per heavy atom. The zero-order valence-corrected chi connectivity index (χ0v) is 11.7. The van der Waals surface area contributed by atoms with E-state index in [9.17, 15) is 19.7 Å². The molecular formula is C13H13N3O6. The molecule has 3 rings (SSSR count). The maximum atomic E-state index is 12.6. The number of amides is 1. The summed E-state index contributed by atoms with van der Waals surface area (Å²) in [6.45, 7) is 1.76. The highest BCUT2D eigenvalue weighted by Crippen LogP contribution is 2.31. The van der Waals surface area contributed by atoms with Crippen molar-refractivity contribution in [3.05, 3.63) is 27.9 Å². The van der Waals surface area contributed by atoms with Gasteiger partial charge in [-0.3, -0.25) is 19.7 Å². The molecule has 0 aromatic carbocycles. The third-order valence-corrected chi connectivity index (χ3v) is 3.66.